The lowest BCUT2D eigenvalue weighted by molar-refractivity contribution is 0.233. The van der Waals surface area contributed by atoms with Crippen molar-refractivity contribution in [2.75, 3.05) is 19.6 Å². The molecule has 1 N–H and O–H groups in total. The second-order valence-electron chi connectivity index (χ2n) is 5.15. The molecule has 1 saturated heterocycles. The van der Waals surface area contributed by atoms with E-state index in [0.29, 0.717) is 5.92 Å². The Balaban J connectivity index is 1.78. The maximum absolute atomic E-state index is 3.82. The lowest BCUT2D eigenvalue weighted by Crippen LogP contribution is -2.32. The van der Waals surface area contributed by atoms with Gasteiger partial charge in [-0.1, -0.05) is 24.3 Å². The fourth-order valence-corrected chi connectivity index (χ4v) is 3.04. The van der Waals surface area contributed by atoms with Crippen molar-refractivity contribution in [3.05, 3.63) is 48.7 Å². The molecular formula is C16H20N2. The molecule has 18 heavy (non-hydrogen) atoms. The number of likely N-dealkylation sites (tertiary alicyclic amines) is 1. The van der Waals surface area contributed by atoms with Gasteiger partial charge in [0.05, 0.1) is 0 Å². The molecule has 0 amide bonds. The highest BCUT2D eigenvalue weighted by atomic mass is 15.1. The van der Waals surface area contributed by atoms with Gasteiger partial charge < -0.3 is 4.98 Å². The molecule has 1 aromatic heterocycles. The number of rotatable bonds is 3. The van der Waals surface area contributed by atoms with Crippen molar-refractivity contribution in [3.8, 4) is 0 Å². The zero-order valence-electron chi connectivity index (χ0n) is 10.7. The lowest BCUT2D eigenvalue weighted by atomic mass is 9.89. The fourth-order valence-electron chi connectivity index (χ4n) is 3.04. The molecule has 94 valence electrons. The fraction of sp³-hybridized carbons (Fsp3) is 0.375. The van der Waals surface area contributed by atoms with E-state index in [4.69, 9.17) is 0 Å². The van der Waals surface area contributed by atoms with Crippen LogP contribution in [0.5, 0.6) is 0 Å². The predicted molar refractivity (Wildman–Crippen MR) is 76.9 cm³/mol. The number of benzene rings is 1. The quantitative estimate of drug-likeness (QED) is 0.813. The number of H-pyrrole nitrogens is 1. The molecule has 1 fully saturated rings. The number of hydrogen-bond donors (Lipinski definition) is 1. The van der Waals surface area contributed by atoms with Crippen molar-refractivity contribution in [2.24, 2.45) is 0 Å². The van der Waals surface area contributed by atoms with E-state index in [1.165, 1.54) is 42.4 Å². The molecule has 0 atom stereocenters. The van der Waals surface area contributed by atoms with Crippen molar-refractivity contribution < 1.29 is 0 Å². The van der Waals surface area contributed by atoms with Gasteiger partial charge in [0.1, 0.15) is 0 Å². The highest BCUT2D eigenvalue weighted by Crippen LogP contribution is 2.32. The highest BCUT2D eigenvalue weighted by molar-refractivity contribution is 5.83. The van der Waals surface area contributed by atoms with Crippen LogP contribution in [0.15, 0.2) is 43.1 Å². The van der Waals surface area contributed by atoms with Gasteiger partial charge in [-0.05, 0) is 43.5 Å². The molecule has 2 heterocycles. The number of fused-ring (bicyclic) bond motifs is 1. The van der Waals surface area contributed by atoms with E-state index in [-0.39, 0.29) is 0 Å². The third kappa shape index (κ3) is 2.08. The number of aromatic amines is 1. The summed E-state index contributed by atoms with van der Waals surface area (Å²) in [5.41, 5.74) is 2.77. The zero-order chi connectivity index (χ0) is 12.4. The van der Waals surface area contributed by atoms with Crippen LogP contribution >= 0.6 is 0 Å². The Morgan fingerprint density at radius 3 is 2.83 bits per heavy atom. The van der Waals surface area contributed by atoms with Crippen molar-refractivity contribution in [1.29, 1.82) is 0 Å². The first kappa shape index (κ1) is 11.5. The molecule has 1 aliphatic heterocycles. The molecule has 0 aliphatic carbocycles. The van der Waals surface area contributed by atoms with Gasteiger partial charge in [-0.3, -0.25) is 4.90 Å². The van der Waals surface area contributed by atoms with E-state index in [0.717, 1.165) is 6.54 Å². The topological polar surface area (TPSA) is 19.0 Å². The minimum absolute atomic E-state index is 0.710. The van der Waals surface area contributed by atoms with Crippen LogP contribution < -0.4 is 0 Å². The van der Waals surface area contributed by atoms with Crippen molar-refractivity contribution in [3.63, 3.8) is 0 Å². The SMILES string of the molecule is C=CCN1CCC(c2c[nH]c3ccccc23)CC1. The average Bonchev–Trinajstić information content (AvgIpc) is 2.84. The number of aromatic nitrogens is 1. The molecular weight excluding hydrogens is 220 g/mol. The molecule has 3 rings (SSSR count). The molecule has 2 heteroatoms. The minimum Gasteiger partial charge on any atom is -0.361 e. The van der Waals surface area contributed by atoms with E-state index < -0.39 is 0 Å². The van der Waals surface area contributed by atoms with Gasteiger partial charge in [0.25, 0.3) is 0 Å². The minimum atomic E-state index is 0.710. The third-order valence-electron chi connectivity index (χ3n) is 4.04. The van der Waals surface area contributed by atoms with Crippen molar-refractivity contribution in [2.45, 2.75) is 18.8 Å². The maximum atomic E-state index is 3.82. The summed E-state index contributed by atoms with van der Waals surface area (Å²) in [4.78, 5) is 5.88. The molecule has 1 aliphatic rings. The summed E-state index contributed by atoms with van der Waals surface area (Å²) in [5, 5.41) is 1.40. The molecule has 0 spiro atoms. The van der Waals surface area contributed by atoms with Crippen LogP contribution in [0.25, 0.3) is 10.9 Å². The van der Waals surface area contributed by atoms with E-state index >= 15 is 0 Å². The van der Waals surface area contributed by atoms with Gasteiger partial charge in [-0.2, -0.15) is 0 Å². The molecule has 2 nitrogen and oxygen atoms in total. The monoisotopic (exact) mass is 240 g/mol. The number of nitrogens with one attached hydrogen (secondary N) is 1. The summed E-state index contributed by atoms with van der Waals surface area (Å²) in [6.07, 6.45) is 6.73. The van der Waals surface area contributed by atoms with E-state index in [1.54, 1.807) is 0 Å². The van der Waals surface area contributed by atoms with Crippen LogP contribution in [0.4, 0.5) is 0 Å². The molecule has 0 bridgehead atoms. The second kappa shape index (κ2) is 4.99. The number of hydrogen-bond acceptors (Lipinski definition) is 1. The van der Waals surface area contributed by atoms with E-state index in [2.05, 4.69) is 46.9 Å². The van der Waals surface area contributed by atoms with Crippen molar-refractivity contribution in [1.82, 2.24) is 9.88 Å². The summed E-state index contributed by atoms with van der Waals surface area (Å²) in [7, 11) is 0. The van der Waals surface area contributed by atoms with Crippen LogP contribution in [0.1, 0.15) is 24.3 Å². The Kier molecular flexibility index (Phi) is 3.20. The van der Waals surface area contributed by atoms with Crippen LogP contribution in [-0.2, 0) is 0 Å². The largest absolute Gasteiger partial charge is 0.361 e. The Bertz CT molecular complexity index is 533. The first-order chi connectivity index (χ1) is 8.88. The summed E-state index contributed by atoms with van der Waals surface area (Å²) in [6, 6.07) is 8.62. The Labute approximate surface area is 108 Å². The summed E-state index contributed by atoms with van der Waals surface area (Å²) < 4.78 is 0. The van der Waals surface area contributed by atoms with Gasteiger partial charge in [0, 0.05) is 23.6 Å². The van der Waals surface area contributed by atoms with Crippen LogP contribution in [0, 0.1) is 0 Å². The van der Waals surface area contributed by atoms with Gasteiger partial charge in [0.2, 0.25) is 0 Å². The van der Waals surface area contributed by atoms with Crippen LogP contribution in [0.2, 0.25) is 0 Å². The molecule has 0 unspecified atom stereocenters. The molecule has 0 saturated carbocycles. The Hall–Kier alpha value is -1.54. The summed E-state index contributed by atoms with van der Waals surface area (Å²) in [6.45, 7) is 7.23. The van der Waals surface area contributed by atoms with Gasteiger partial charge >= 0.3 is 0 Å². The standard InChI is InChI=1S/C16H20N2/c1-2-9-18-10-7-13(8-11-18)15-12-17-16-6-4-3-5-14(15)16/h2-6,12-13,17H,1,7-11H2. The van der Waals surface area contributed by atoms with Crippen LogP contribution in [0.3, 0.4) is 0 Å². The summed E-state index contributed by atoms with van der Waals surface area (Å²) >= 11 is 0. The normalized spacial score (nSPS) is 18.2. The first-order valence-electron chi connectivity index (χ1n) is 6.78. The Morgan fingerprint density at radius 1 is 1.28 bits per heavy atom. The first-order valence-corrected chi connectivity index (χ1v) is 6.78. The van der Waals surface area contributed by atoms with Crippen molar-refractivity contribution >= 4 is 10.9 Å². The zero-order valence-corrected chi connectivity index (χ0v) is 10.7. The van der Waals surface area contributed by atoms with Gasteiger partial charge in [0.15, 0.2) is 0 Å². The number of piperidine rings is 1. The van der Waals surface area contributed by atoms with Gasteiger partial charge in [-0.15, -0.1) is 6.58 Å². The molecule has 0 radical (unpaired) electrons. The molecule has 2 aromatic rings. The van der Waals surface area contributed by atoms with Crippen LogP contribution in [-0.4, -0.2) is 29.5 Å². The number of para-hydroxylation sites is 1. The molecule has 1 aromatic carbocycles. The van der Waals surface area contributed by atoms with E-state index in [1.807, 2.05) is 6.08 Å². The highest BCUT2D eigenvalue weighted by Gasteiger charge is 2.21. The number of nitrogens with zero attached hydrogens (tertiary/aromatic N) is 1. The third-order valence-corrected chi connectivity index (χ3v) is 4.04. The lowest BCUT2D eigenvalue weighted by Gasteiger charge is -2.31. The smallest absolute Gasteiger partial charge is 0.0456 e. The van der Waals surface area contributed by atoms with Gasteiger partial charge in [-0.25, -0.2) is 0 Å². The summed E-state index contributed by atoms with van der Waals surface area (Å²) in [5.74, 6) is 0.710. The van der Waals surface area contributed by atoms with E-state index in [9.17, 15) is 0 Å². The predicted octanol–water partition coefficient (Wildman–Crippen LogP) is 3.53. The second-order valence-corrected chi connectivity index (χ2v) is 5.15. The average molecular weight is 240 g/mol. The Morgan fingerprint density at radius 2 is 2.06 bits per heavy atom. The maximum Gasteiger partial charge on any atom is 0.0456 e.